The van der Waals surface area contributed by atoms with Crippen molar-refractivity contribution in [1.82, 2.24) is 0 Å². The van der Waals surface area contributed by atoms with Gasteiger partial charge in [-0.25, -0.2) is 0 Å². The van der Waals surface area contributed by atoms with Gasteiger partial charge in [-0.15, -0.1) is 0 Å². The SMILES string of the molecule is CC1CCC2CC(C)CCC2C1.CS. The van der Waals surface area contributed by atoms with Crippen LogP contribution in [0, 0.1) is 23.7 Å². The van der Waals surface area contributed by atoms with Crippen molar-refractivity contribution in [2.24, 2.45) is 23.7 Å². The van der Waals surface area contributed by atoms with Gasteiger partial charge in [0, 0.05) is 0 Å². The maximum atomic E-state index is 3.53. The smallest absolute Gasteiger partial charge is 0.0215 e. The van der Waals surface area contributed by atoms with E-state index in [1.807, 2.05) is 0 Å². The Kier molecular flexibility index (Phi) is 5.36. The molecule has 0 aromatic rings. The third-order valence-electron chi connectivity index (χ3n) is 4.14. The monoisotopic (exact) mass is 214 g/mol. The Balaban J connectivity index is 0.000000461. The molecule has 4 unspecified atom stereocenters. The summed E-state index contributed by atoms with van der Waals surface area (Å²) in [5.41, 5.74) is 0. The summed E-state index contributed by atoms with van der Waals surface area (Å²) in [4.78, 5) is 0. The minimum absolute atomic E-state index is 1.03. The molecule has 4 atom stereocenters. The minimum Gasteiger partial charge on any atom is -0.183 e. The molecule has 0 spiro atoms. The van der Waals surface area contributed by atoms with E-state index in [0.29, 0.717) is 0 Å². The highest BCUT2D eigenvalue weighted by atomic mass is 32.1. The van der Waals surface area contributed by atoms with Gasteiger partial charge >= 0.3 is 0 Å². The molecule has 0 saturated heterocycles. The van der Waals surface area contributed by atoms with Gasteiger partial charge < -0.3 is 0 Å². The lowest BCUT2D eigenvalue weighted by atomic mass is 9.65. The molecule has 2 aliphatic carbocycles. The second-order valence-corrected chi connectivity index (χ2v) is 5.36. The quantitative estimate of drug-likeness (QED) is 0.568. The van der Waals surface area contributed by atoms with Crippen LogP contribution in [0.1, 0.15) is 52.4 Å². The Bertz CT molecular complexity index is 137. The lowest BCUT2D eigenvalue weighted by Gasteiger charge is -2.40. The first-order valence-electron chi connectivity index (χ1n) is 6.20. The molecule has 0 N–H and O–H groups in total. The van der Waals surface area contributed by atoms with Gasteiger partial charge in [0.1, 0.15) is 0 Å². The first-order valence-corrected chi connectivity index (χ1v) is 7.10. The molecule has 0 heterocycles. The predicted molar refractivity (Wildman–Crippen MR) is 67.9 cm³/mol. The fourth-order valence-corrected chi connectivity index (χ4v) is 3.36. The Hall–Kier alpha value is 0.350. The lowest BCUT2D eigenvalue weighted by Crippen LogP contribution is -2.29. The fraction of sp³-hybridized carbons (Fsp3) is 1.00. The van der Waals surface area contributed by atoms with E-state index < -0.39 is 0 Å². The van der Waals surface area contributed by atoms with Crippen LogP contribution in [0.5, 0.6) is 0 Å². The molecule has 14 heavy (non-hydrogen) atoms. The molecule has 2 saturated carbocycles. The average Bonchev–Trinajstić information content (AvgIpc) is 2.21. The number of thiol groups is 1. The largest absolute Gasteiger partial charge is 0.183 e. The molecule has 0 aromatic heterocycles. The zero-order valence-electron chi connectivity index (χ0n) is 10.00. The maximum Gasteiger partial charge on any atom is -0.0215 e. The number of fused-ring (bicyclic) bond motifs is 1. The first kappa shape index (κ1) is 12.4. The fourth-order valence-electron chi connectivity index (χ4n) is 3.36. The Morgan fingerprint density at radius 2 is 1.07 bits per heavy atom. The predicted octanol–water partition coefficient (Wildman–Crippen LogP) is 4.40. The molecular formula is C13H26S. The molecule has 0 aliphatic heterocycles. The number of hydrogen-bond donors (Lipinski definition) is 1. The summed E-state index contributed by atoms with van der Waals surface area (Å²) in [6.07, 6.45) is 10.9. The molecule has 1 heteroatoms. The zero-order chi connectivity index (χ0) is 10.6. The van der Waals surface area contributed by atoms with Crippen molar-refractivity contribution in [3.8, 4) is 0 Å². The van der Waals surface area contributed by atoms with Crippen molar-refractivity contribution in [1.29, 1.82) is 0 Å². The Morgan fingerprint density at radius 3 is 1.43 bits per heavy atom. The second kappa shape index (κ2) is 6.05. The summed E-state index contributed by atoms with van der Waals surface area (Å²) in [5.74, 6) is 4.29. The van der Waals surface area contributed by atoms with Gasteiger partial charge in [0.25, 0.3) is 0 Å². The van der Waals surface area contributed by atoms with E-state index in [2.05, 4.69) is 26.5 Å². The van der Waals surface area contributed by atoms with E-state index >= 15 is 0 Å². The van der Waals surface area contributed by atoms with Crippen molar-refractivity contribution >= 4 is 12.6 Å². The number of hydrogen-bond acceptors (Lipinski definition) is 1. The summed E-state index contributed by atoms with van der Waals surface area (Å²) in [7, 11) is 0. The van der Waals surface area contributed by atoms with Gasteiger partial charge in [-0.1, -0.05) is 26.7 Å². The normalized spacial score (nSPS) is 42.0. The number of rotatable bonds is 0. The summed E-state index contributed by atoms with van der Waals surface area (Å²) in [6, 6.07) is 0. The molecule has 2 aliphatic rings. The molecule has 0 nitrogen and oxygen atoms in total. The highest BCUT2D eigenvalue weighted by molar-refractivity contribution is 7.79. The average molecular weight is 214 g/mol. The Morgan fingerprint density at radius 1 is 0.714 bits per heavy atom. The van der Waals surface area contributed by atoms with Gasteiger partial charge in [0.15, 0.2) is 0 Å². The van der Waals surface area contributed by atoms with Crippen LogP contribution in [0.2, 0.25) is 0 Å². The highest BCUT2D eigenvalue weighted by Gasteiger charge is 2.32. The molecule has 84 valence electrons. The molecule has 0 bridgehead atoms. The third kappa shape index (κ3) is 3.18. The van der Waals surface area contributed by atoms with Crippen LogP contribution < -0.4 is 0 Å². The molecule has 0 radical (unpaired) electrons. The van der Waals surface area contributed by atoms with Crippen molar-refractivity contribution < 1.29 is 0 Å². The van der Waals surface area contributed by atoms with E-state index in [9.17, 15) is 0 Å². The van der Waals surface area contributed by atoms with Gasteiger partial charge in [0.2, 0.25) is 0 Å². The van der Waals surface area contributed by atoms with Crippen LogP contribution in [0.4, 0.5) is 0 Å². The van der Waals surface area contributed by atoms with Crippen molar-refractivity contribution in [2.45, 2.75) is 52.4 Å². The summed E-state index contributed by atoms with van der Waals surface area (Å²) in [6.45, 7) is 4.88. The van der Waals surface area contributed by atoms with Crippen molar-refractivity contribution in [3.63, 3.8) is 0 Å². The molecule has 0 amide bonds. The van der Waals surface area contributed by atoms with Gasteiger partial charge in [-0.2, -0.15) is 12.6 Å². The highest BCUT2D eigenvalue weighted by Crippen LogP contribution is 2.44. The molecular weight excluding hydrogens is 188 g/mol. The van der Waals surface area contributed by atoms with E-state index in [0.717, 1.165) is 23.7 Å². The Labute approximate surface area is 95.3 Å². The summed E-state index contributed by atoms with van der Waals surface area (Å²) in [5, 5.41) is 0. The molecule has 2 fully saturated rings. The van der Waals surface area contributed by atoms with E-state index in [-0.39, 0.29) is 0 Å². The standard InChI is InChI=1S/C12H22.CH4S/c1-9-3-5-12-8-10(2)4-6-11(12)7-9;1-2/h9-12H,3-8H2,1-2H3;2H,1H3. The van der Waals surface area contributed by atoms with Crippen molar-refractivity contribution in [2.75, 3.05) is 6.26 Å². The van der Waals surface area contributed by atoms with Crippen LogP contribution in [-0.2, 0) is 0 Å². The minimum atomic E-state index is 1.03. The third-order valence-corrected chi connectivity index (χ3v) is 4.14. The van der Waals surface area contributed by atoms with Gasteiger partial charge in [0.05, 0.1) is 0 Å². The van der Waals surface area contributed by atoms with Gasteiger partial charge in [-0.05, 0) is 55.6 Å². The van der Waals surface area contributed by atoms with E-state index in [1.165, 1.54) is 38.5 Å². The van der Waals surface area contributed by atoms with Crippen LogP contribution in [-0.4, -0.2) is 6.26 Å². The maximum absolute atomic E-state index is 3.53. The summed E-state index contributed by atoms with van der Waals surface area (Å²) < 4.78 is 0. The van der Waals surface area contributed by atoms with Crippen LogP contribution in [0.3, 0.4) is 0 Å². The summed E-state index contributed by atoms with van der Waals surface area (Å²) >= 11 is 3.53. The van der Waals surface area contributed by atoms with Crippen molar-refractivity contribution in [3.05, 3.63) is 0 Å². The first-order chi connectivity index (χ1) is 6.75. The topological polar surface area (TPSA) is 0 Å². The van der Waals surface area contributed by atoms with Crippen LogP contribution in [0.15, 0.2) is 0 Å². The lowest BCUT2D eigenvalue weighted by molar-refractivity contribution is 0.109. The van der Waals surface area contributed by atoms with Gasteiger partial charge in [-0.3, -0.25) is 0 Å². The zero-order valence-corrected chi connectivity index (χ0v) is 10.9. The molecule has 0 aromatic carbocycles. The van der Waals surface area contributed by atoms with E-state index in [1.54, 1.807) is 6.26 Å². The van der Waals surface area contributed by atoms with E-state index in [4.69, 9.17) is 0 Å². The van der Waals surface area contributed by atoms with Crippen LogP contribution >= 0.6 is 12.6 Å². The van der Waals surface area contributed by atoms with Crippen LogP contribution in [0.25, 0.3) is 0 Å². The second-order valence-electron chi connectivity index (χ2n) is 5.36. The molecule has 2 rings (SSSR count).